The van der Waals surface area contributed by atoms with Gasteiger partial charge in [0.25, 0.3) is 0 Å². The van der Waals surface area contributed by atoms with Crippen LogP contribution in [0.1, 0.15) is 25.5 Å². The predicted molar refractivity (Wildman–Crippen MR) is 90.1 cm³/mol. The van der Waals surface area contributed by atoms with Crippen LogP contribution in [0.4, 0.5) is 0 Å². The second kappa shape index (κ2) is 6.56. The normalized spacial score (nSPS) is 18.8. The highest BCUT2D eigenvalue weighted by molar-refractivity contribution is 7.80. The van der Waals surface area contributed by atoms with Crippen LogP contribution in [0.15, 0.2) is 23.4 Å². The van der Waals surface area contributed by atoms with Gasteiger partial charge in [0.2, 0.25) is 12.5 Å². The van der Waals surface area contributed by atoms with Crippen molar-refractivity contribution >= 4 is 23.3 Å². The highest BCUT2D eigenvalue weighted by Gasteiger charge is 2.33. The van der Waals surface area contributed by atoms with E-state index in [1.807, 2.05) is 6.07 Å². The van der Waals surface area contributed by atoms with Crippen LogP contribution in [-0.4, -0.2) is 31.6 Å². The van der Waals surface area contributed by atoms with E-state index in [4.69, 9.17) is 31.2 Å². The van der Waals surface area contributed by atoms with Gasteiger partial charge in [0, 0.05) is 5.70 Å². The van der Waals surface area contributed by atoms with Gasteiger partial charge in [-0.05, 0) is 43.8 Å². The Labute approximate surface area is 144 Å². The lowest BCUT2D eigenvalue weighted by Crippen LogP contribution is -2.45. The minimum atomic E-state index is -0.471. The van der Waals surface area contributed by atoms with Crippen LogP contribution in [0.3, 0.4) is 0 Å². The molecule has 7 nitrogen and oxygen atoms in total. The smallest absolute Gasteiger partial charge is 0.338 e. The number of thiocarbonyl (C=S) groups is 1. The third kappa shape index (κ3) is 2.84. The highest BCUT2D eigenvalue weighted by Crippen LogP contribution is 2.44. The van der Waals surface area contributed by atoms with Crippen molar-refractivity contribution in [2.75, 3.05) is 20.5 Å². The standard InChI is InChI=1S/C16H18N2O5S/c1-4-21-15(19)12-8(2)17-16(24)18-13(12)9-5-10(20-3)14-11(6-9)22-7-23-14/h5-6,13H,4,7H2,1-3H3,(H2,17,18,24). The molecular formula is C16H18N2O5S. The van der Waals surface area contributed by atoms with Gasteiger partial charge in [-0.1, -0.05) is 0 Å². The Morgan fingerprint density at radius 3 is 2.92 bits per heavy atom. The van der Waals surface area contributed by atoms with E-state index in [0.29, 0.717) is 33.6 Å². The second-order valence-corrected chi connectivity index (χ2v) is 5.66. The summed E-state index contributed by atoms with van der Waals surface area (Å²) in [5.41, 5.74) is 1.88. The molecule has 2 aliphatic rings. The number of benzene rings is 1. The zero-order valence-corrected chi connectivity index (χ0v) is 14.4. The molecule has 0 saturated heterocycles. The van der Waals surface area contributed by atoms with E-state index in [0.717, 1.165) is 5.56 Å². The molecule has 1 aromatic rings. The number of methoxy groups -OCH3 is 1. The molecule has 0 bridgehead atoms. The number of esters is 1. The number of carbonyl (C=O) groups is 1. The van der Waals surface area contributed by atoms with Gasteiger partial charge in [0.1, 0.15) is 0 Å². The Balaban J connectivity index is 2.07. The predicted octanol–water partition coefficient (Wildman–Crippen LogP) is 1.78. The third-order valence-corrected chi connectivity index (χ3v) is 4.00. The molecule has 128 valence electrons. The first-order valence-electron chi connectivity index (χ1n) is 7.48. The molecular weight excluding hydrogens is 332 g/mol. The van der Waals surface area contributed by atoms with Crippen molar-refractivity contribution in [1.29, 1.82) is 0 Å². The number of nitrogens with one attached hydrogen (secondary N) is 2. The molecule has 2 N–H and O–H groups in total. The summed E-state index contributed by atoms with van der Waals surface area (Å²) in [7, 11) is 1.55. The molecule has 8 heteroatoms. The van der Waals surface area contributed by atoms with E-state index in [9.17, 15) is 4.79 Å². The highest BCUT2D eigenvalue weighted by atomic mass is 32.1. The number of ether oxygens (including phenoxy) is 4. The van der Waals surface area contributed by atoms with Crippen molar-refractivity contribution in [2.24, 2.45) is 0 Å². The summed E-state index contributed by atoms with van der Waals surface area (Å²) in [5, 5.41) is 6.50. The van der Waals surface area contributed by atoms with Crippen molar-refractivity contribution in [3.63, 3.8) is 0 Å². The molecule has 24 heavy (non-hydrogen) atoms. The fourth-order valence-electron chi connectivity index (χ4n) is 2.74. The molecule has 0 aliphatic carbocycles. The van der Waals surface area contributed by atoms with Gasteiger partial charge in [-0.25, -0.2) is 4.79 Å². The van der Waals surface area contributed by atoms with Crippen LogP contribution in [0.2, 0.25) is 0 Å². The molecule has 0 fully saturated rings. The average molecular weight is 350 g/mol. The first kappa shape index (κ1) is 16.4. The Bertz CT molecular complexity index is 731. The zero-order valence-electron chi connectivity index (χ0n) is 13.6. The van der Waals surface area contributed by atoms with Crippen molar-refractivity contribution < 1.29 is 23.7 Å². The monoisotopic (exact) mass is 350 g/mol. The molecule has 2 heterocycles. The maximum absolute atomic E-state index is 12.4. The lowest BCUT2D eigenvalue weighted by Gasteiger charge is -2.30. The van der Waals surface area contributed by atoms with E-state index < -0.39 is 12.0 Å². The molecule has 0 aromatic heterocycles. The van der Waals surface area contributed by atoms with Crippen molar-refractivity contribution in [3.8, 4) is 17.2 Å². The molecule has 2 aliphatic heterocycles. The van der Waals surface area contributed by atoms with Crippen LogP contribution in [0.25, 0.3) is 0 Å². The third-order valence-electron chi connectivity index (χ3n) is 3.78. The van der Waals surface area contributed by atoms with Gasteiger partial charge in [-0.15, -0.1) is 0 Å². The first-order chi connectivity index (χ1) is 11.5. The van der Waals surface area contributed by atoms with Gasteiger partial charge in [-0.2, -0.15) is 0 Å². The van der Waals surface area contributed by atoms with Gasteiger partial charge in [0.05, 0.1) is 25.3 Å². The van der Waals surface area contributed by atoms with Gasteiger partial charge < -0.3 is 29.6 Å². The van der Waals surface area contributed by atoms with Crippen LogP contribution in [0, 0.1) is 0 Å². The molecule has 0 amide bonds. The fraction of sp³-hybridized carbons (Fsp3) is 0.375. The number of hydrogen-bond donors (Lipinski definition) is 2. The van der Waals surface area contributed by atoms with Crippen LogP contribution < -0.4 is 24.8 Å². The fourth-order valence-corrected chi connectivity index (χ4v) is 3.01. The zero-order chi connectivity index (χ0) is 17.3. The minimum Gasteiger partial charge on any atom is -0.493 e. The number of carbonyl (C=O) groups excluding carboxylic acids is 1. The van der Waals surface area contributed by atoms with Crippen molar-refractivity contribution in [1.82, 2.24) is 10.6 Å². The topological polar surface area (TPSA) is 78.1 Å². The summed E-state index contributed by atoms with van der Waals surface area (Å²) in [5.74, 6) is 1.25. The van der Waals surface area contributed by atoms with Gasteiger partial charge in [0.15, 0.2) is 16.6 Å². The summed E-state index contributed by atoms with van der Waals surface area (Å²) in [6.45, 7) is 3.97. The molecule has 1 unspecified atom stereocenters. The van der Waals surface area contributed by atoms with E-state index in [2.05, 4.69) is 10.6 Å². The quantitative estimate of drug-likeness (QED) is 0.629. The van der Waals surface area contributed by atoms with Crippen LogP contribution in [0.5, 0.6) is 17.2 Å². The maximum atomic E-state index is 12.4. The Kier molecular flexibility index (Phi) is 4.48. The molecule has 1 aromatic carbocycles. The molecule has 3 rings (SSSR count). The number of fused-ring (bicyclic) bond motifs is 1. The van der Waals surface area contributed by atoms with Crippen molar-refractivity contribution in [3.05, 3.63) is 29.0 Å². The van der Waals surface area contributed by atoms with E-state index >= 15 is 0 Å². The lowest BCUT2D eigenvalue weighted by atomic mass is 9.95. The number of rotatable bonds is 4. The minimum absolute atomic E-state index is 0.132. The molecule has 0 spiro atoms. The van der Waals surface area contributed by atoms with Gasteiger partial charge >= 0.3 is 5.97 Å². The largest absolute Gasteiger partial charge is 0.493 e. The van der Waals surface area contributed by atoms with Crippen molar-refractivity contribution in [2.45, 2.75) is 19.9 Å². The summed E-state index contributed by atoms with van der Waals surface area (Å²) >= 11 is 5.23. The van der Waals surface area contributed by atoms with Crippen LogP contribution in [-0.2, 0) is 9.53 Å². The summed E-state index contributed by atoms with van der Waals surface area (Å²) < 4.78 is 21.4. The average Bonchev–Trinajstić information content (AvgIpc) is 3.01. The molecule has 1 atom stereocenters. The Morgan fingerprint density at radius 2 is 2.21 bits per heavy atom. The maximum Gasteiger partial charge on any atom is 0.338 e. The Hall–Kier alpha value is -2.48. The van der Waals surface area contributed by atoms with E-state index in [1.165, 1.54) is 0 Å². The number of allylic oxidation sites excluding steroid dienone is 1. The van der Waals surface area contributed by atoms with E-state index in [-0.39, 0.29) is 13.4 Å². The molecule has 0 radical (unpaired) electrons. The number of hydrogen-bond acceptors (Lipinski definition) is 6. The van der Waals surface area contributed by atoms with E-state index in [1.54, 1.807) is 27.0 Å². The van der Waals surface area contributed by atoms with Crippen LogP contribution >= 0.6 is 12.2 Å². The first-order valence-corrected chi connectivity index (χ1v) is 7.89. The SMILES string of the molecule is CCOC(=O)C1=C(C)NC(=S)NC1c1cc(OC)c2c(c1)OCO2. The molecule has 0 saturated carbocycles. The summed E-state index contributed by atoms with van der Waals surface area (Å²) in [4.78, 5) is 12.4. The Morgan fingerprint density at radius 1 is 1.42 bits per heavy atom. The second-order valence-electron chi connectivity index (χ2n) is 5.25. The van der Waals surface area contributed by atoms with Gasteiger partial charge in [-0.3, -0.25) is 0 Å². The summed E-state index contributed by atoms with van der Waals surface area (Å²) in [6.07, 6.45) is 0. The lowest BCUT2D eigenvalue weighted by molar-refractivity contribution is -0.139. The summed E-state index contributed by atoms with van der Waals surface area (Å²) in [6, 6.07) is 3.13.